The number of aromatic nitrogens is 1. The lowest BCUT2D eigenvalue weighted by atomic mass is 10.0. The maximum Gasteiger partial charge on any atom is 0.412 e. The number of nitrogens with one attached hydrogen (secondary N) is 1. The van der Waals surface area contributed by atoms with Crippen LogP contribution in [0.3, 0.4) is 0 Å². The lowest BCUT2D eigenvalue weighted by Gasteiger charge is -2.45. The highest BCUT2D eigenvalue weighted by atomic mass is 19.4. The van der Waals surface area contributed by atoms with Gasteiger partial charge < -0.3 is 24.6 Å². The van der Waals surface area contributed by atoms with Crippen LogP contribution < -0.4 is 10.7 Å². The predicted octanol–water partition coefficient (Wildman–Crippen LogP) is 2.45. The van der Waals surface area contributed by atoms with E-state index >= 15 is 0 Å². The van der Waals surface area contributed by atoms with E-state index in [9.17, 15) is 41.4 Å². The van der Waals surface area contributed by atoms with E-state index in [-0.39, 0.29) is 30.5 Å². The average Bonchev–Trinajstić information content (AvgIpc) is 3.54. The number of halogens is 5. The molecule has 3 heterocycles. The van der Waals surface area contributed by atoms with Gasteiger partial charge in [-0.2, -0.15) is 13.2 Å². The average molecular weight is 511 g/mol. The van der Waals surface area contributed by atoms with Crippen LogP contribution in [0.4, 0.5) is 22.0 Å². The van der Waals surface area contributed by atoms with Crippen molar-refractivity contribution in [3.05, 3.63) is 63.1 Å². The first-order valence-electron chi connectivity index (χ1n) is 11.2. The van der Waals surface area contributed by atoms with Crippen LogP contribution in [0.1, 0.15) is 45.3 Å². The number of fused-ring (bicyclic) bond motifs is 8. The van der Waals surface area contributed by atoms with E-state index in [4.69, 9.17) is 4.74 Å². The number of rotatable bonds is 3. The molecule has 13 heteroatoms. The Kier molecular flexibility index (Phi) is 4.79. The Morgan fingerprint density at radius 3 is 2.61 bits per heavy atom. The van der Waals surface area contributed by atoms with Gasteiger partial charge in [-0.3, -0.25) is 14.4 Å². The molecule has 2 aliphatic carbocycles. The van der Waals surface area contributed by atoms with Gasteiger partial charge in [-0.25, -0.2) is 8.78 Å². The Morgan fingerprint density at radius 2 is 1.92 bits per heavy atom. The van der Waals surface area contributed by atoms with Crippen LogP contribution >= 0.6 is 0 Å². The second-order valence-corrected chi connectivity index (χ2v) is 9.54. The first-order valence-corrected chi connectivity index (χ1v) is 11.2. The molecule has 0 radical (unpaired) electrons. The maximum atomic E-state index is 14.1. The minimum Gasteiger partial charge on any atom is -0.503 e. The second-order valence-electron chi connectivity index (χ2n) is 9.54. The lowest BCUT2D eigenvalue weighted by Crippen LogP contribution is -2.58. The molecule has 2 aromatic rings. The summed E-state index contributed by atoms with van der Waals surface area (Å²) < 4.78 is 75.5. The van der Waals surface area contributed by atoms with Crippen LogP contribution in [0.25, 0.3) is 0 Å². The largest absolute Gasteiger partial charge is 0.503 e. The molecular weight excluding hydrogens is 493 g/mol. The van der Waals surface area contributed by atoms with Crippen molar-refractivity contribution in [3.63, 3.8) is 0 Å². The number of amides is 2. The van der Waals surface area contributed by atoms with Crippen LogP contribution in [0.15, 0.2) is 29.2 Å². The van der Waals surface area contributed by atoms with Crippen molar-refractivity contribution in [2.75, 3.05) is 0 Å². The summed E-state index contributed by atoms with van der Waals surface area (Å²) in [5, 5.41) is 12.1. The third-order valence-electron chi connectivity index (χ3n) is 7.50. The molecule has 190 valence electrons. The molecule has 2 amide bonds. The van der Waals surface area contributed by atoms with Crippen molar-refractivity contribution in [3.8, 4) is 5.75 Å². The summed E-state index contributed by atoms with van der Waals surface area (Å²) >= 11 is 0. The van der Waals surface area contributed by atoms with Gasteiger partial charge in [-0.15, -0.1) is 0 Å². The van der Waals surface area contributed by atoms with Gasteiger partial charge in [0.1, 0.15) is 17.2 Å². The van der Waals surface area contributed by atoms with E-state index in [0.717, 1.165) is 17.2 Å². The van der Waals surface area contributed by atoms with Gasteiger partial charge in [0, 0.05) is 23.9 Å². The van der Waals surface area contributed by atoms with Crippen molar-refractivity contribution in [2.45, 2.75) is 50.0 Å². The molecule has 36 heavy (non-hydrogen) atoms. The minimum atomic E-state index is -5.20. The molecule has 6 atom stereocenters. The van der Waals surface area contributed by atoms with E-state index < -0.39 is 64.2 Å². The zero-order valence-electron chi connectivity index (χ0n) is 18.3. The number of pyridine rings is 1. The summed E-state index contributed by atoms with van der Waals surface area (Å²) in [6, 6.07) is -1.63. The molecule has 2 bridgehead atoms. The van der Waals surface area contributed by atoms with E-state index in [1.165, 1.54) is 4.90 Å². The third kappa shape index (κ3) is 3.32. The highest BCUT2D eigenvalue weighted by molar-refractivity contribution is 5.99. The van der Waals surface area contributed by atoms with Crippen molar-refractivity contribution < 1.29 is 41.4 Å². The molecule has 1 saturated heterocycles. The number of alkyl halides is 3. The predicted molar refractivity (Wildman–Crippen MR) is 110 cm³/mol. The molecule has 2 saturated carbocycles. The van der Waals surface area contributed by atoms with Gasteiger partial charge in [0.05, 0.1) is 12.6 Å². The van der Waals surface area contributed by atoms with Gasteiger partial charge in [-0.05, 0) is 30.7 Å². The van der Waals surface area contributed by atoms with E-state index in [0.29, 0.717) is 30.4 Å². The van der Waals surface area contributed by atoms with Crippen molar-refractivity contribution in [2.24, 2.45) is 11.8 Å². The van der Waals surface area contributed by atoms with Gasteiger partial charge in [0.2, 0.25) is 5.43 Å². The summed E-state index contributed by atoms with van der Waals surface area (Å²) in [7, 11) is 0. The summed E-state index contributed by atoms with van der Waals surface area (Å²) in [4.78, 5) is 40.3. The molecule has 6 rings (SSSR count). The molecule has 2 unspecified atom stereocenters. The Bertz CT molecular complexity index is 1380. The molecular formula is C23H18F5N3O5. The molecule has 1 aromatic carbocycles. The molecule has 8 nitrogen and oxygen atoms in total. The normalized spacial score (nSPS) is 28.8. The fourth-order valence-corrected chi connectivity index (χ4v) is 5.81. The number of ether oxygens (including phenoxy) is 1. The zero-order chi connectivity index (χ0) is 25.7. The fourth-order valence-electron chi connectivity index (χ4n) is 5.81. The highest BCUT2D eigenvalue weighted by Crippen LogP contribution is 2.58. The van der Waals surface area contributed by atoms with Gasteiger partial charge in [0.25, 0.3) is 11.8 Å². The van der Waals surface area contributed by atoms with Crippen molar-refractivity contribution in [1.29, 1.82) is 0 Å². The Labute approximate surface area is 199 Å². The number of hydrogen-bond acceptors (Lipinski definition) is 5. The molecule has 1 aromatic heterocycles. The van der Waals surface area contributed by atoms with Crippen LogP contribution in [0.5, 0.6) is 5.75 Å². The summed E-state index contributed by atoms with van der Waals surface area (Å²) in [5.74, 6) is -5.32. The van der Waals surface area contributed by atoms with E-state index in [1.807, 2.05) is 0 Å². The van der Waals surface area contributed by atoms with E-state index in [2.05, 4.69) is 0 Å². The van der Waals surface area contributed by atoms with Crippen LogP contribution in [0.2, 0.25) is 0 Å². The van der Waals surface area contributed by atoms with Crippen LogP contribution in [-0.2, 0) is 11.3 Å². The van der Waals surface area contributed by atoms with Crippen molar-refractivity contribution >= 4 is 11.8 Å². The maximum absolute atomic E-state index is 14.1. The minimum absolute atomic E-state index is 0.0236. The van der Waals surface area contributed by atoms with Crippen LogP contribution in [-0.4, -0.2) is 50.9 Å². The topological polar surface area (TPSA) is 101 Å². The first kappa shape index (κ1) is 23.0. The lowest BCUT2D eigenvalue weighted by molar-refractivity contribution is -0.155. The Hall–Kier alpha value is -3.48. The SMILES string of the molecule is O=C(N[C@@H](c1ccc(F)cc1F)C(F)(F)F)c1cn2c(c(O)c1=O)C(=O)N1C3CC(O[C@@H]1C2)[C@@H]1C[C@H]31. The number of aromatic hydroxyl groups is 1. The monoisotopic (exact) mass is 511 g/mol. The van der Waals surface area contributed by atoms with Gasteiger partial charge >= 0.3 is 6.18 Å². The van der Waals surface area contributed by atoms with E-state index in [1.54, 1.807) is 5.32 Å². The standard InChI is InChI=1S/C23H18F5N3O5/c24-8-1-2-9(13(25)3-8)20(23(26,27)28)29-21(34)12-6-30-7-16-31(22(35)17(30)19(33)18(12)32)14-5-15(36-16)11-4-10(11)14/h1-3,6,10-11,14-16,20,33H,4-5,7H2,(H,29,34)/t10-,11+,14?,15?,16+,20-/m0/s1. The molecule has 2 N–H and O–H groups in total. The number of nitrogens with zero attached hydrogens (tertiary/aromatic N) is 2. The molecule has 0 spiro atoms. The van der Waals surface area contributed by atoms with Gasteiger partial charge in [-0.1, -0.05) is 6.07 Å². The number of carbonyl (C=O) groups excluding carboxylic acids is 2. The quantitative estimate of drug-likeness (QED) is 0.617. The fraction of sp³-hybridized carbons (Fsp3) is 0.435. The number of benzene rings is 1. The number of carbonyl (C=O) groups is 2. The molecule has 2 aliphatic heterocycles. The summed E-state index contributed by atoms with van der Waals surface area (Å²) in [5.41, 5.74) is -3.67. The molecule has 4 aliphatic rings. The van der Waals surface area contributed by atoms with Crippen LogP contribution in [0, 0.1) is 23.5 Å². The summed E-state index contributed by atoms with van der Waals surface area (Å²) in [6.07, 6.45) is -3.47. The highest BCUT2D eigenvalue weighted by Gasteiger charge is 2.63. The summed E-state index contributed by atoms with van der Waals surface area (Å²) in [6.45, 7) is -0.0447. The van der Waals surface area contributed by atoms with Crippen molar-refractivity contribution in [1.82, 2.24) is 14.8 Å². The third-order valence-corrected chi connectivity index (χ3v) is 7.50. The Balaban J connectivity index is 1.35. The van der Waals surface area contributed by atoms with Gasteiger partial charge in [0.15, 0.2) is 23.7 Å². The number of hydrogen-bond donors (Lipinski definition) is 2. The smallest absolute Gasteiger partial charge is 0.412 e. The first-order chi connectivity index (χ1) is 17.0. The molecule has 3 fully saturated rings. The zero-order valence-corrected chi connectivity index (χ0v) is 18.3. The Morgan fingerprint density at radius 1 is 1.17 bits per heavy atom. The second kappa shape index (κ2) is 7.51.